The minimum Gasteiger partial charge on any atom is -0.445 e. The van der Waals surface area contributed by atoms with Gasteiger partial charge in [-0.3, -0.25) is 33.7 Å². The molecule has 0 radical (unpaired) electrons. The molecule has 382 valence electrons. The number of ether oxygens (including phenoxy) is 1. The number of hydrogen-bond acceptors (Lipinski definition) is 12. The molecule has 8 amide bonds. The molecule has 3 heterocycles. The number of amides is 8. The molecule has 9 N–H and O–H groups in total. The van der Waals surface area contributed by atoms with Crippen molar-refractivity contribution in [3.05, 3.63) is 80.9 Å². The fraction of sp³-hybridized carbons (Fsp3) is 0.500. The van der Waals surface area contributed by atoms with E-state index in [0.717, 1.165) is 30.0 Å². The average Bonchev–Trinajstić information content (AvgIpc) is 4.20. The normalized spacial score (nSPS) is 19.6. The first-order valence-corrected chi connectivity index (χ1v) is 24.0. The Morgan fingerprint density at radius 2 is 1.66 bits per heavy atom. The van der Waals surface area contributed by atoms with E-state index in [2.05, 4.69) is 26.6 Å². The quantitative estimate of drug-likeness (QED) is 0.0408. The fourth-order valence-electron chi connectivity index (χ4n) is 9.09. The number of pyridine rings is 1. The van der Waals surface area contributed by atoms with E-state index in [-0.39, 0.29) is 97.2 Å². The fourth-order valence-corrected chi connectivity index (χ4v) is 9.50. The molecule has 2 aromatic carbocycles. The molecule has 20 nitrogen and oxygen atoms in total. The first-order valence-electron chi connectivity index (χ1n) is 23.6. The molecule has 23 heteroatoms. The monoisotopic (exact) mass is 1010 g/mol. The van der Waals surface area contributed by atoms with Crippen LogP contribution in [0.1, 0.15) is 95.1 Å². The van der Waals surface area contributed by atoms with E-state index in [1.807, 2.05) is 0 Å². The third kappa shape index (κ3) is 12.5. The number of aliphatic hydroxyl groups excluding tert-OH is 1. The number of fused-ring (bicyclic) bond motifs is 1. The predicted octanol–water partition coefficient (Wildman–Crippen LogP) is 3.45. The number of carbonyl (C=O) groups is 7. The number of hydrogen-bond donors (Lipinski definition) is 8. The number of benzene rings is 2. The third-order valence-corrected chi connectivity index (χ3v) is 13.7. The molecule has 2 aliphatic carbocycles. The summed E-state index contributed by atoms with van der Waals surface area (Å²) in [4.78, 5) is 104. The van der Waals surface area contributed by atoms with Gasteiger partial charge in [0, 0.05) is 68.5 Å². The maximum Gasteiger partial charge on any atom is 0.407 e. The van der Waals surface area contributed by atoms with Crippen molar-refractivity contribution < 1.29 is 57.3 Å². The number of alkyl carbamates (subject to hydrolysis) is 1. The lowest BCUT2D eigenvalue weighted by molar-refractivity contribution is -0.137. The highest BCUT2D eigenvalue weighted by Gasteiger charge is 2.56. The summed E-state index contributed by atoms with van der Waals surface area (Å²) in [6.07, 6.45) is 2.94. The lowest BCUT2D eigenvalue weighted by Gasteiger charge is -2.25. The number of aromatic nitrogens is 1. The van der Waals surface area contributed by atoms with Gasteiger partial charge in [-0.2, -0.15) is 0 Å². The van der Waals surface area contributed by atoms with Crippen LogP contribution in [0.4, 0.5) is 29.7 Å². The summed E-state index contributed by atoms with van der Waals surface area (Å²) in [5, 5.41) is 32.9. The van der Waals surface area contributed by atoms with Crippen molar-refractivity contribution >= 4 is 75.5 Å². The number of halogens is 3. The Labute approximate surface area is 411 Å². The van der Waals surface area contributed by atoms with Crippen LogP contribution in [0.2, 0.25) is 5.02 Å². The zero-order chi connectivity index (χ0) is 51.3. The Hall–Kier alpha value is -6.65. The minimum atomic E-state index is -2.17. The van der Waals surface area contributed by atoms with Crippen LogP contribution >= 0.6 is 11.6 Å². The minimum absolute atomic E-state index is 0.0262. The van der Waals surface area contributed by atoms with Crippen molar-refractivity contribution in [2.45, 2.75) is 115 Å². The van der Waals surface area contributed by atoms with Crippen molar-refractivity contribution in [2.75, 3.05) is 36.4 Å². The Bertz CT molecular complexity index is 2640. The van der Waals surface area contributed by atoms with E-state index in [9.17, 15) is 53.0 Å². The number of nitrogens with two attached hydrogens (primary N) is 1. The molecular weight excluding hydrogens is 952 g/mol. The summed E-state index contributed by atoms with van der Waals surface area (Å²) < 4.78 is 37.2. The van der Waals surface area contributed by atoms with Gasteiger partial charge in [-0.05, 0) is 68.2 Å². The number of unbranched alkanes of at least 4 members (excludes halogenated alkanes) is 2. The number of anilines is 2. The number of urea groups is 1. The second-order valence-electron chi connectivity index (χ2n) is 18.9. The molecule has 4 aliphatic rings. The summed E-state index contributed by atoms with van der Waals surface area (Å²) in [6, 6.07) is 3.35. The predicted molar refractivity (Wildman–Crippen MR) is 255 cm³/mol. The maximum absolute atomic E-state index is 15.9. The van der Waals surface area contributed by atoms with E-state index in [4.69, 9.17) is 22.1 Å². The summed E-state index contributed by atoms with van der Waals surface area (Å²) in [5.74, 6) is -3.50. The number of carbonyl (C=O) groups excluding carboxylic acids is 7. The van der Waals surface area contributed by atoms with E-state index in [0.29, 0.717) is 37.1 Å². The second-order valence-corrected chi connectivity index (χ2v) is 19.3. The lowest BCUT2D eigenvalue weighted by atomic mass is 10.0. The Morgan fingerprint density at radius 3 is 2.28 bits per heavy atom. The molecule has 5 atom stereocenters. The standard InChI is InChI=1S/C48H58ClF2N9O11/c1-25(2)39(57-35(61)8-4-3-5-18-59-36(62)13-14-37(59)63)44(66)55-32(7-6-17-53-46(52)69)43(65)54-27-11-9-26(10-12-27)23-71-47(70)56-34-22-58(24-48(34)15-16-48)41-31(51)19-28-40(38(41)49)60(33-20-30(33)50)21-29(42(28)64)45(67)68/h9-14,19,21,25,30,32-34,39,45,67-68H,3-8,15-18,20,22-24H2,1-2H3,(H,54,65)(H,55,66)(H,56,70)(H,57,61)(H3,52,53,69)/t30-,32-,33+,34+,39-/m0/s1. The van der Waals surface area contributed by atoms with Crippen LogP contribution in [-0.4, -0.2) is 112 Å². The maximum atomic E-state index is 15.9. The Balaban J connectivity index is 0.917. The summed E-state index contributed by atoms with van der Waals surface area (Å²) in [7, 11) is 0. The van der Waals surface area contributed by atoms with Crippen LogP contribution in [0.25, 0.3) is 10.9 Å². The molecule has 1 aromatic heterocycles. The molecule has 3 aromatic rings. The topological polar surface area (TPSA) is 284 Å². The van der Waals surface area contributed by atoms with Gasteiger partial charge < -0.3 is 56.7 Å². The van der Waals surface area contributed by atoms with Crippen molar-refractivity contribution in [3.8, 4) is 0 Å². The highest BCUT2D eigenvalue weighted by Crippen LogP contribution is 2.55. The average molecular weight is 1010 g/mol. The molecule has 1 spiro atoms. The Kier molecular flexibility index (Phi) is 16.3. The smallest absolute Gasteiger partial charge is 0.407 e. The molecular formula is C48H58ClF2N9O11. The van der Waals surface area contributed by atoms with Gasteiger partial charge in [0.1, 0.15) is 30.7 Å². The largest absolute Gasteiger partial charge is 0.445 e. The van der Waals surface area contributed by atoms with Gasteiger partial charge in [-0.15, -0.1) is 0 Å². The number of nitrogens with one attached hydrogen (secondary N) is 5. The van der Waals surface area contributed by atoms with E-state index < -0.39 is 82.8 Å². The van der Waals surface area contributed by atoms with Crippen LogP contribution < -0.4 is 42.6 Å². The van der Waals surface area contributed by atoms with Crippen LogP contribution in [-0.2, 0) is 35.3 Å². The first kappa shape index (κ1) is 52.2. The Morgan fingerprint density at radius 1 is 0.972 bits per heavy atom. The third-order valence-electron chi connectivity index (χ3n) is 13.3. The first-order chi connectivity index (χ1) is 33.8. The van der Waals surface area contributed by atoms with Gasteiger partial charge in [-0.25, -0.2) is 18.4 Å². The number of rotatable bonds is 22. The van der Waals surface area contributed by atoms with Gasteiger partial charge in [0.25, 0.3) is 11.8 Å². The molecule has 1 saturated heterocycles. The van der Waals surface area contributed by atoms with Crippen LogP contribution in [0, 0.1) is 17.2 Å². The zero-order valence-electron chi connectivity index (χ0n) is 39.2. The molecule has 2 aliphatic heterocycles. The molecule has 0 unspecified atom stereocenters. The molecule has 71 heavy (non-hydrogen) atoms. The van der Waals surface area contributed by atoms with E-state index in [1.165, 1.54) is 16.7 Å². The van der Waals surface area contributed by atoms with Crippen molar-refractivity contribution in [2.24, 2.45) is 17.1 Å². The van der Waals surface area contributed by atoms with Gasteiger partial charge in [0.2, 0.25) is 17.7 Å². The van der Waals surface area contributed by atoms with E-state index >= 15 is 4.39 Å². The van der Waals surface area contributed by atoms with Crippen molar-refractivity contribution in [1.82, 2.24) is 30.7 Å². The molecule has 0 bridgehead atoms. The van der Waals surface area contributed by atoms with Gasteiger partial charge in [0.15, 0.2) is 11.7 Å². The van der Waals surface area contributed by atoms with Gasteiger partial charge >= 0.3 is 12.1 Å². The molecule has 2 saturated carbocycles. The number of aliphatic hydroxyl groups is 2. The number of primary amides is 1. The lowest BCUT2D eigenvalue weighted by Crippen LogP contribution is -2.54. The van der Waals surface area contributed by atoms with Crippen LogP contribution in [0.5, 0.6) is 0 Å². The van der Waals surface area contributed by atoms with Crippen LogP contribution in [0.3, 0.4) is 0 Å². The van der Waals surface area contributed by atoms with Crippen molar-refractivity contribution in [1.29, 1.82) is 0 Å². The van der Waals surface area contributed by atoms with Gasteiger partial charge in [0.05, 0.1) is 39.3 Å². The summed E-state index contributed by atoms with van der Waals surface area (Å²) in [6.45, 7) is 4.16. The zero-order valence-corrected chi connectivity index (χ0v) is 39.9. The molecule has 7 rings (SSSR count). The van der Waals surface area contributed by atoms with Crippen LogP contribution in [0.15, 0.2) is 53.5 Å². The highest BCUT2D eigenvalue weighted by atomic mass is 35.5. The number of nitrogens with zero attached hydrogens (tertiary/aromatic N) is 3. The van der Waals surface area contributed by atoms with Gasteiger partial charge in [-0.1, -0.05) is 44.0 Å². The van der Waals surface area contributed by atoms with E-state index in [1.54, 1.807) is 43.0 Å². The SMILES string of the molecule is CC(C)[C@H](NC(=O)CCCCCN1C(=O)C=CC1=O)C(=O)N[C@@H](CCCNC(N)=O)C(=O)Nc1ccc(COC(=O)N[C@@H]2CN(c3c(F)cc4c(=O)c(C(O)O)cn([C@@H]5C[C@@H]5F)c4c3Cl)CC23CC3)cc1. The summed E-state index contributed by atoms with van der Waals surface area (Å²) in [5.41, 5.74) is 4.47. The highest BCUT2D eigenvalue weighted by molar-refractivity contribution is 6.38. The number of alkyl halides is 1. The summed E-state index contributed by atoms with van der Waals surface area (Å²) >= 11 is 6.84. The number of imide groups is 1. The second kappa shape index (κ2) is 22.2. The van der Waals surface area contributed by atoms with Crippen molar-refractivity contribution in [3.63, 3.8) is 0 Å². The molecule has 3 fully saturated rings.